The number of amides is 1. The number of anilines is 1. The van der Waals surface area contributed by atoms with Crippen molar-refractivity contribution in [1.82, 2.24) is 8.61 Å². The van der Waals surface area contributed by atoms with Crippen LogP contribution in [0.5, 0.6) is 5.75 Å². The van der Waals surface area contributed by atoms with E-state index in [9.17, 15) is 13.2 Å². The molecule has 1 N–H and O–H groups in total. The number of hydrogen-bond acceptors (Lipinski definition) is 4. The summed E-state index contributed by atoms with van der Waals surface area (Å²) >= 11 is 5.88. The Morgan fingerprint density at radius 3 is 2.57 bits per heavy atom. The van der Waals surface area contributed by atoms with Crippen molar-refractivity contribution >= 4 is 33.4 Å². The lowest BCUT2D eigenvalue weighted by Gasteiger charge is -2.34. The van der Waals surface area contributed by atoms with E-state index in [1.54, 1.807) is 48.5 Å². The first-order valence-electron chi connectivity index (χ1n) is 8.82. The van der Waals surface area contributed by atoms with Gasteiger partial charge in [0.25, 0.3) is 10.2 Å². The minimum absolute atomic E-state index is 0.239. The molecule has 0 aliphatic carbocycles. The lowest BCUT2D eigenvalue weighted by atomic mass is 10.2. The molecule has 1 aliphatic heterocycles. The highest BCUT2D eigenvalue weighted by Crippen LogP contribution is 2.21. The van der Waals surface area contributed by atoms with E-state index in [1.807, 2.05) is 0 Å². The summed E-state index contributed by atoms with van der Waals surface area (Å²) in [7, 11) is -2.19. The van der Waals surface area contributed by atoms with E-state index in [-0.39, 0.29) is 13.1 Å². The number of carbonyl (C=O) groups excluding carboxylic acids is 1. The van der Waals surface area contributed by atoms with Crippen molar-refractivity contribution in [3.63, 3.8) is 0 Å². The summed E-state index contributed by atoms with van der Waals surface area (Å²) < 4.78 is 33.5. The molecular weight excluding hydrogens is 402 g/mol. The number of ether oxygens (including phenoxy) is 1. The maximum atomic E-state index is 12.9. The van der Waals surface area contributed by atoms with Gasteiger partial charge in [0.2, 0.25) is 5.91 Å². The van der Waals surface area contributed by atoms with Crippen molar-refractivity contribution in [2.45, 2.75) is 13.0 Å². The van der Waals surface area contributed by atoms with Crippen LogP contribution in [0.4, 0.5) is 5.69 Å². The highest BCUT2D eigenvalue weighted by Gasteiger charge is 2.34. The molecule has 0 bridgehead atoms. The SMILES string of the molecule is COc1cccc(NC(=O)CN2CCCN(Cc3ccc(Cl)cc3)S2(=O)=O)c1. The van der Waals surface area contributed by atoms with Crippen LogP contribution < -0.4 is 10.1 Å². The fourth-order valence-electron chi connectivity index (χ4n) is 2.99. The molecule has 0 radical (unpaired) electrons. The van der Waals surface area contributed by atoms with Crippen molar-refractivity contribution in [3.05, 3.63) is 59.1 Å². The first-order chi connectivity index (χ1) is 13.4. The van der Waals surface area contributed by atoms with Gasteiger partial charge in [0.1, 0.15) is 5.75 Å². The van der Waals surface area contributed by atoms with Crippen LogP contribution in [-0.2, 0) is 21.5 Å². The second kappa shape index (κ2) is 8.91. The summed E-state index contributed by atoms with van der Waals surface area (Å²) in [6, 6.07) is 14.0. The quantitative estimate of drug-likeness (QED) is 0.774. The number of nitrogens with zero attached hydrogens (tertiary/aromatic N) is 2. The lowest BCUT2D eigenvalue weighted by Crippen LogP contribution is -2.51. The molecule has 3 rings (SSSR count). The molecule has 0 saturated carbocycles. The van der Waals surface area contributed by atoms with Crippen LogP contribution in [-0.4, -0.2) is 49.7 Å². The van der Waals surface area contributed by atoms with Crippen LogP contribution in [0.1, 0.15) is 12.0 Å². The molecule has 0 unspecified atom stereocenters. The molecule has 1 heterocycles. The largest absolute Gasteiger partial charge is 0.497 e. The van der Waals surface area contributed by atoms with E-state index in [1.165, 1.54) is 15.7 Å². The molecule has 0 spiro atoms. The van der Waals surface area contributed by atoms with Gasteiger partial charge < -0.3 is 10.1 Å². The fraction of sp³-hybridized carbons (Fsp3) is 0.316. The number of methoxy groups -OCH3 is 1. The van der Waals surface area contributed by atoms with Crippen molar-refractivity contribution in [2.24, 2.45) is 0 Å². The Morgan fingerprint density at radius 1 is 1.14 bits per heavy atom. The Bertz CT molecular complexity index is 934. The maximum Gasteiger partial charge on any atom is 0.282 e. The first kappa shape index (κ1) is 20.6. The van der Waals surface area contributed by atoms with Crippen molar-refractivity contribution in [1.29, 1.82) is 0 Å². The Morgan fingerprint density at radius 2 is 1.86 bits per heavy atom. The number of benzene rings is 2. The third-order valence-corrected chi connectivity index (χ3v) is 6.59. The van der Waals surface area contributed by atoms with Gasteiger partial charge >= 0.3 is 0 Å². The lowest BCUT2D eigenvalue weighted by molar-refractivity contribution is -0.116. The summed E-state index contributed by atoms with van der Waals surface area (Å²) in [6.07, 6.45) is 0.652. The molecule has 9 heteroatoms. The highest BCUT2D eigenvalue weighted by molar-refractivity contribution is 7.86. The number of hydrogen-bond donors (Lipinski definition) is 1. The monoisotopic (exact) mass is 423 g/mol. The molecule has 1 aliphatic rings. The van der Waals surface area contributed by atoms with E-state index in [0.717, 1.165) is 5.56 Å². The van der Waals surface area contributed by atoms with Gasteiger partial charge in [0, 0.05) is 36.4 Å². The van der Waals surface area contributed by atoms with Gasteiger partial charge in [-0.15, -0.1) is 0 Å². The summed E-state index contributed by atoms with van der Waals surface area (Å²) in [5.41, 5.74) is 1.40. The summed E-state index contributed by atoms with van der Waals surface area (Å²) in [5.74, 6) is 0.211. The number of halogens is 1. The molecule has 1 saturated heterocycles. The zero-order chi connectivity index (χ0) is 20.1. The van der Waals surface area contributed by atoms with Crippen molar-refractivity contribution < 1.29 is 17.9 Å². The number of carbonyl (C=O) groups is 1. The minimum Gasteiger partial charge on any atom is -0.497 e. The Balaban J connectivity index is 1.65. The predicted octanol–water partition coefficient (Wildman–Crippen LogP) is 2.74. The molecule has 28 heavy (non-hydrogen) atoms. The molecule has 1 fully saturated rings. The van der Waals surface area contributed by atoms with Crippen molar-refractivity contribution in [3.8, 4) is 5.75 Å². The van der Waals surface area contributed by atoms with Crippen LogP contribution in [0.25, 0.3) is 0 Å². The number of rotatable bonds is 6. The van der Waals surface area contributed by atoms with E-state index in [2.05, 4.69) is 5.32 Å². The third-order valence-electron chi connectivity index (χ3n) is 4.41. The molecule has 7 nitrogen and oxygen atoms in total. The highest BCUT2D eigenvalue weighted by atomic mass is 35.5. The van der Waals surface area contributed by atoms with Crippen LogP contribution >= 0.6 is 11.6 Å². The average molecular weight is 424 g/mol. The van der Waals surface area contributed by atoms with Crippen LogP contribution in [0.2, 0.25) is 5.02 Å². The minimum atomic E-state index is -3.72. The third kappa shape index (κ3) is 5.02. The second-order valence-corrected chi connectivity index (χ2v) is 8.80. The van der Waals surface area contributed by atoms with E-state index in [4.69, 9.17) is 16.3 Å². The van der Waals surface area contributed by atoms with Gasteiger partial charge in [0.15, 0.2) is 0 Å². The first-order valence-corrected chi connectivity index (χ1v) is 10.6. The van der Waals surface area contributed by atoms with Gasteiger partial charge in [-0.3, -0.25) is 4.79 Å². The molecule has 0 aromatic heterocycles. The van der Waals surface area contributed by atoms with Crippen LogP contribution in [0.15, 0.2) is 48.5 Å². The smallest absolute Gasteiger partial charge is 0.282 e. The van der Waals surface area contributed by atoms with Gasteiger partial charge in [-0.25, -0.2) is 0 Å². The maximum absolute atomic E-state index is 12.9. The second-order valence-electron chi connectivity index (χ2n) is 6.44. The molecule has 2 aromatic carbocycles. The molecule has 1 amide bonds. The van der Waals surface area contributed by atoms with E-state index in [0.29, 0.717) is 36.0 Å². The Kier molecular flexibility index (Phi) is 6.56. The molecule has 0 atom stereocenters. The normalized spacial score (nSPS) is 17.2. The predicted molar refractivity (Wildman–Crippen MR) is 109 cm³/mol. The van der Waals surface area contributed by atoms with Gasteiger partial charge in [-0.1, -0.05) is 29.8 Å². The van der Waals surface area contributed by atoms with Gasteiger partial charge in [-0.2, -0.15) is 17.0 Å². The summed E-state index contributed by atoms with van der Waals surface area (Å²) in [5, 5.41) is 3.31. The topological polar surface area (TPSA) is 79.0 Å². The van der Waals surface area contributed by atoms with Crippen LogP contribution in [0.3, 0.4) is 0 Å². The van der Waals surface area contributed by atoms with Crippen molar-refractivity contribution in [2.75, 3.05) is 32.1 Å². The Labute approximate surface area is 170 Å². The standard InChI is InChI=1S/C19H22ClN3O4S/c1-27-18-5-2-4-17(12-18)21-19(24)14-23-11-3-10-22(28(23,25)26)13-15-6-8-16(20)9-7-15/h2,4-9,12H,3,10-11,13-14H2,1H3,(H,21,24). The molecule has 2 aromatic rings. The van der Waals surface area contributed by atoms with Gasteiger partial charge in [-0.05, 0) is 36.2 Å². The fourth-order valence-corrected chi connectivity index (χ4v) is 4.76. The summed E-state index contributed by atoms with van der Waals surface area (Å²) in [6.45, 7) is 0.730. The molecular formula is C19H22ClN3O4S. The summed E-state index contributed by atoms with van der Waals surface area (Å²) in [4.78, 5) is 12.4. The van der Waals surface area contributed by atoms with Gasteiger partial charge in [0.05, 0.1) is 13.7 Å². The van der Waals surface area contributed by atoms with E-state index < -0.39 is 16.1 Å². The Hall–Kier alpha value is -2.13. The average Bonchev–Trinajstić information content (AvgIpc) is 2.67. The zero-order valence-corrected chi connectivity index (χ0v) is 17.0. The van der Waals surface area contributed by atoms with Crippen LogP contribution in [0, 0.1) is 0 Å². The van der Waals surface area contributed by atoms with E-state index >= 15 is 0 Å². The zero-order valence-electron chi connectivity index (χ0n) is 15.5. The number of nitrogens with one attached hydrogen (secondary N) is 1. The molecule has 150 valence electrons.